The minimum absolute atomic E-state index is 0.126. The van der Waals surface area contributed by atoms with E-state index in [0.717, 1.165) is 5.56 Å². The monoisotopic (exact) mass is 375 g/mol. The Morgan fingerprint density at radius 3 is 2.72 bits per heavy atom. The maximum absolute atomic E-state index is 12.5. The van der Waals surface area contributed by atoms with E-state index >= 15 is 0 Å². The van der Waals surface area contributed by atoms with E-state index < -0.39 is 0 Å². The molecule has 1 N–H and O–H groups in total. The fourth-order valence-electron chi connectivity index (χ4n) is 2.54. The molecule has 0 saturated heterocycles. The smallest absolute Gasteiger partial charge is 0.261 e. The van der Waals surface area contributed by atoms with Gasteiger partial charge in [-0.25, -0.2) is 4.98 Å². The molecule has 0 unspecified atom stereocenters. The summed E-state index contributed by atoms with van der Waals surface area (Å²) in [4.78, 5) is 29.0. The van der Waals surface area contributed by atoms with Crippen LogP contribution in [-0.2, 0) is 11.3 Å². The Bertz CT molecular complexity index is 1000. The summed E-state index contributed by atoms with van der Waals surface area (Å²) in [5, 5.41) is 4.28. The Morgan fingerprint density at radius 1 is 1.20 bits per heavy atom. The lowest BCUT2D eigenvalue weighted by Gasteiger charge is -2.15. The summed E-state index contributed by atoms with van der Waals surface area (Å²) in [6.07, 6.45) is 1.36. The van der Waals surface area contributed by atoms with Crippen LogP contribution >= 0.6 is 23.2 Å². The zero-order valence-electron chi connectivity index (χ0n) is 13.4. The molecular weight excluding hydrogens is 361 g/mol. The summed E-state index contributed by atoms with van der Waals surface area (Å²) >= 11 is 11.9. The first-order valence-corrected chi connectivity index (χ1v) is 8.39. The molecule has 2 aromatic carbocycles. The maximum atomic E-state index is 12.5. The minimum atomic E-state index is -0.307. The zero-order chi connectivity index (χ0) is 18.0. The van der Waals surface area contributed by atoms with Gasteiger partial charge in [0.05, 0.1) is 23.3 Å². The number of halogens is 2. The average molecular weight is 376 g/mol. The normalized spacial score (nSPS) is 12.1. The quantitative estimate of drug-likeness (QED) is 0.757. The molecule has 7 heteroatoms. The van der Waals surface area contributed by atoms with Crippen molar-refractivity contribution in [1.29, 1.82) is 0 Å². The van der Waals surface area contributed by atoms with E-state index in [-0.39, 0.29) is 24.1 Å². The fraction of sp³-hybridized carbons (Fsp3) is 0.167. The van der Waals surface area contributed by atoms with E-state index in [1.165, 1.54) is 10.9 Å². The molecule has 0 radical (unpaired) electrons. The third kappa shape index (κ3) is 4.00. The summed E-state index contributed by atoms with van der Waals surface area (Å²) in [5.41, 5.74) is 1.12. The van der Waals surface area contributed by atoms with Crippen molar-refractivity contribution in [2.75, 3.05) is 0 Å². The van der Waals surface area contributed by atoms with E-state index in [4.69, 9.17) is 23.2 Å². The van der Waals surface area contributed by atoms with Crippen LogP contribution in [0.25, 0.3) is 10.9 Å². The molecule has 0 saturated carbocycles. The molecule has 128 valence electrons. The van der Waals surface area contributed by atoms with Crippen LogP contribution in [0.2, 0.25) is 10.0 Å². The number of benzene rings is 2. The minimum Gasteiger partial charge on any atom is -0.348 e. The Hall–Kier alpha value is -2.37. The Labute approximate surface area is 154 Å². The number of carbonyl (C=O) groups is 1. The second-order valence-electron chi connectivity index (χ2n) is 5.68. The number of fused-ring (bicyclic) bond motifs is 1. The molecular formula is C18H15Cl2N3O2. The molecule has 3 rings (SSSR count). The molecule has 1 amide bonds. The van der Waals surface area contributed by atoms with Gasteiger partial charge in [-0.2, -0.15) is 0 Å². The standard InChI is InChI=1S/C18H15Cl2N3O2/c1-11(12-3-2-4-13(19)7-12)22-17(24)9-23-10-21-16-6-5-14(20)8-15(16)18(23)25/h2-8,10-11H,9H2,1H3,(H,22,24)/t11-/m1/s1. The van der Waals surface area contributed by atoms with Gasteiger partial charge < -0.3 is 5.32 Å². The van der Waals surface area contributed by atoms with Gasteiger partial charge in [0.1, 0.15) is 6.54 Å². The van der Waals surface area contributed by atoms with Crippen LogP contribution < -0.4 is 10.9 Å². The van der Waals surface area contributed by atoms with Gasteiger partial charge in [0.2, 0.25) is 5.91 Å². The summed E-state index contributed by atoms with van der Waals surface area (Å²) in [7, 11) is 0. The van der Waals surface area contributed by atoms with Gasteiger partial charge in [-0.15, -0.1) is 0 Å². The lowest BCUT2D eigenvalue weighted by atomic mass is 10.1. The van der Waals surface area contributed by atoms with Crippen molar-refractivity contribution in [2.24, 2.45) is 0 Å². The highest BCUT2D eigenvalue weighted by Gasteiger charge is 2.12. The number of hydrogen-bond donors (Lipinski definition) is 1. The van der Waals surface area contributed by atoms with Gasteiger partial charge in [0, 0.05) is 10.0 Å². The second-order valence-corrected chi connectivity index (χ2v) is 6.56. The summed E-state index contributed by atoms with van der Waals surface area (Å²) in [5.74, 6) is -0.294. The molecule has 25 heavy (non-hydrogen) atoms. The van der Waals surface area contributed by atoms with Crippen LogP contribution in [0.1, 0.15) is 18.5 Å². The van der Waals surface area contributed by atoms with Crippen LogP contribution in [0.5, 0.6) is 0 Å². The number of carbonyl (C=O) groups excluding carboxylic acids is 1. The second kappa shape index (κ2) is 7.25. The van der Waals surface area contributed by atoms with E-state index in [0.29, 0.717) is 20.9 Å². The molecule has 0 fully saturated rings. The molecule has 0 spiro atoms. The Balaban J connectivity index is 1.78. The van der Waals surface area contributed by atoms with Gasteiger partial charge >= 0.3 is 0 Å². The first kappa shape index (κ1) is 17.5. The van der Waals surface area contributed by atoms with Crippen molar-refractivity contribution in [2.45, 2.75) is 19.5 Å². The lowest BCUT2D eigenvalue weighted by Crippen LogP contribution is -2.34. The van der Waals surface area contributed by atoms with Crippen LogP contribution in [0.4, 0.5) is 0 Å². The Kier molecular flexibility index (Phi) is 5.06. The molecule has 1 atom stereocenters. The zero-order valence-corrected chi connectivity index (χ0v) is 14.9. The third-order valence-electron chi connectivity index (χ3n) is 3.83. The number of rotatable bonds is 4. The summed E-state index contributed by atoms with van der Waals surface area (Å²) < 4.78 is 1.26. The van der Waals surface area contributed by atoms with Crippen molar-refractivity contribution in [3.8, 4) is 0 Å². The van der Waals surface area contributed by atoms with Gasteiger partial charge in [0.15, 0.2) is 0 Å². The topological polar surface area (TPSA) is 64.0 Å². The van der Waals surface area contributed by atoms with Crippen LogP contribution in [-0.4, -0.2) is 15.5 Å². The van der Waals surface area contributed by atoms with E-state index in [1.54, 1.807) is 30.3 Å². The highest BCUT2D eigenvalue weighted by Crippen LogP contribution is 2.17. The predicted molar refractivity (Wildman–Crippen MR) is 99.0 cm³/mol. The van der Waals surface area contributed by atoms with Crippen LogP contribution in [0.3, 0.4) is 0 Å². The fourth-order valence-corrected chi connectivity index (χ4v) is 2.92. The van der Waals surface area contributed by atoms with E-state index in [1.807, 2.05) is 19.1 Å². The van der Waals surface area contributed by atoms with Gasteiger partial charge in [0.25, 0.3) is 5.56 Å². The van der Waals surface area contributed by atoms with Crippen molar-refractivity contribution in [1.82, 2.24) is 14.9 Å². The van der Waals surface area contributed by atoms with Crippen molar-refractivity contribution >= 4 is 40.0 Å². The molecule has 0 aliphatic heterocycles. The molecule has 1 heterocycles. The van der Waals surface area contributed by atoms with Crippen LogP contribution in [0.15, 0.2) is 53.6 Å². The number of hydrogen-bond acceptors (Lipinski definition) is 3. The first-order valence-electron chi connectivity index (χ1n) is 7.63. The summed E-state index contributed by atoms with van der Waals surface area (Å²) in [6, 6.07) is 11.9. The average Bonchev–Trinajstić information content (AvgIpc) is 2.58. The molecule has 0 aliphatic carbocycles. The maximum Gasteiger partial charge on any atom is 0.261 e. The predicted octanol–water partition coefficient (Wildman–Crippen LogP) is 3.58. The van der Waals surface area contributed by atoms with Crippen molar-refractivity contribution in [3.63, 3.8) is 0 Å². The highest BCUT2D eigenvalue weighted by atomic mass is 35.5. The van der Waals surface area contributed by atoms with Crippen molar-refractivity contribution in [3.05, 3.63) is 74.8 Å². The SMILES string of the molecule is C[C@@H](NC(=O)Cn1cnc2ccc(Cl)cc2c1=O)c1cccc(Cl)c1. The number of nitrogens with one attached hydrogen (secondary N) is 1. The van der Waals surface area contributed by atoms with Crippen molar-refractivity contribution < 1.29 is 4.79 Å². The molecule has 5 nitrogen and oxygen atoms in total. The Morgan fingerprint density at radius 2 is 1.96 bits per heavy atom. The number of aromatic nitrogens is 2. The number of amides is 1. The highest BCUT2D eigenvalue weighted by molar-refractivity contribution is 6.31. The third-order valence-corrected chi connectivity index (χ3v) is 4.30. The van der Waals surface area contributed by atoms with Gasteiger partial charge in [-0.05, 0) is 42.8 Å². The van der Waals surface area contributed by atoms with E-state index in [2.05, 4.69) is 10.3 Å². The van der Waals surface area contributed by atoms with E-state index in [9.17, 15) is 9.59 Å². The molecule has 0 aliphatic rings. The first-order chi connectivity index (χ1) is 11.9. The molecule has 1 aromatic heterocycles. The van der Waals surface area contributed by atoms with Gasteiger partial charge in [-0.3, -0.25) is 14.2 Å². The molecule has 3 aromatic rings. The lowest BCUT2D eigenvalue weighted by molar-refractivity contribution is -0.122. The molecule has 0 bridgehead atoms. The number of nitrogens with zero attached hydrogens (tertiary/aromatic N) is 2. The van der Waals surface area contributed by atoms with Crippen LogP contribution in [0, 0.1) is 0 Å². The van der Waals surface area contributed by atoms with Gasteiger partial charge in [-0.1, -0.05) is 35.3 Å². The largest absolute Gasteiger partial charge is 0.348 e. The summed E-state index contributed by atoms with van der Waals surface area (Å²) in [6.45, 7) is 1.73.